The van der Waals surface area contributed by atoms with Gasteiger partial charge in [0.25, 0.3) is 0 Å². The Balaban J connectivity index is 0.000000317. The maximum Gasteiger partial charge on any atom is 0.490 e. The number of imidazole rings is 1. The molecule has 2 aromatic rings. The van der Waals surface area contributed by atoms with Crippen molar-refractivity contribution in [2.75, 3.05) is 44.3 Å². The molecule has 0 amide bonds. The number of likely N-dealkylation sites (tertiary alicyclic amines) is 1. The Bertz CT molecular complexity index is 1040. The van der Waals surface area contributed by atoms with Gasteiger partial charge >= 0.3 is 24.3 Å². The number of benzene rings is 1. The number of hydrogen-bond donors (Lipinski definition) is 2. The summed E-state index contributed by atoms with van der Waals surface area (Å²) in [4.78, 5) is 27.4. The average Bonchev–Trinajstić information content (AvgIpc) is 3.14. The summed E-state index contributed by atoms with van der Waals surface area (Å²) >= 11 is 0. The molecule has 218 valence electrons. The van der Waals surface area contributed by atoms with Crippen LogP contribution in [0.4, 0.5) is 32.0 Å². The van der Waals surface area contributed by atoms with Crippen LogP contribution in [-0.2, 0) is 27.9 Å². The third kappa shape index (κ3) is 10.4. The summed E-state index contributed by atoms with van der Waals surface area (Å²) in [6.07, 6.45) is -3.77. The van der Waals surface area contributed by atoms with E-state index in [1.807, 2.05) is 12.4 Å². The molecule has 2 aliphatic rings. The third-order valence-electron chi connectivity index (χ3n) is 6.07. The van der Waals surface area contributed by atoms with Crippen molar-refractivity contribution in [3.63, 3.8) is 0 Å². The molecule has 2 fully saturated rings. The van der Waals surface area contributed by atoms with Crippen molar-refractivity contribution >= 4 is 17.6 Å². The Morgan fingerprint density at radius 3 is 2.10 bits per heavy atom. The number of aliphatic carboxylic acids is 2. The van der Waals surface area contributed by atoms with E-state index in [1.165, 1.54) is 18.5 Å². The second-order valence-corrected chi connectivity index (χ2v) is 9.18. The number of rotatable bonds is 3. The number of aromatic nitrogens is 2. The molecule has 39 heavy (non-hydrogen) atoms. The first-order valence-electron chi connectivity index (χ1n) is 11.8. The molecule has 3 heterocycles. The lowest BCUT2D eigenvalue weighted by atomic mass is 9.80. The van der Waals surface area contributed by atoms with Gasteiger partial charge in [-0.25, -0.2) is 14.6 Å². The number of alkyl halides is 6. The molecule has 1 aromatic carbocycles. The number of halogens is 6. The van der Waals surface area contributed by atoms with Crippen LogP contribution in [0.5, 0.6) is 0 Å². The Morgan fingerprint density at radius 1 is 1.00 bits per heavy atom. The van der Waals surface area contributed by atoms with Crippen LogP contribution in [0, 0.1) is 5.41 Å². The van der Waals surface area contributed by atoms with E-state index in [2.05, 4.69) is 56.7 Å². The van der Waals surface area contributed by atoms with Crippen molar-refractivity contribution in [3.8, 4) is 0 Å². The number of nitrogens with zero attached hydrogens (tertiary/aromatic N) is 4. The zero-order valence-electron chi connectivity index (χ0n) is 21.1. The number of piperidine rings is 1. The smallest absolute Gasteiger partial charge is 0.475 e. The average molecular weight is 569 g/mol. The minimum atomic E-state index is -5.08. The van der Waals surface area contributed by atoms with Gasteiger partial charge in [0.15, 0.2) is 0 Å². The fourth-order valence-electron chi connectivity index (χ4n) is 4.29. The van der Waals surface area contributed by atoms with Crippen LogP contribution < -0.4 is 4.90 Å². The third-order valence-corrected chi connectivity index (χ3v) is 6.07. The van der Waals surface area contributed by atoms with E-state index < -0.39 is 24.3 Å². The molecule has 1 unspecified atom stereocenters. The zero-order valence-corrected chi connectivity index (χ0v) is 21.1. The van der Waals surface area contributed by atoms with E-state index >= 15 is 0 Å². The van der Waals surface area contributed by atoms with E-state index in [9.17, 15) is 26.3 Å². The summed E-state index contributed by atoms with van der Waals surface area (Å²) in [6, 6.07) is 10.8. The van der Waals surface area contributed by atoms with E-state index in [-0.39, 0.29) is 5.41 Å². The van der Waals surface area contributed by atoms with Crippen LogP contribution in [0.1, 0.15) is 18.7 Å². The number of carbonyl (C=O) groups is 2. The predicted molar refractivity (Wildman–Crippen MR) is 127 cm³/mol. The Hall–Kier alpha value is -3.33. The van der Waals surface area contributed by atoms with Crippen molar-refractivity contribution in [2.45, 2.75) is 31.7 Å². The molecule has 1 spiro atoms. The van der Waals surface area contributed by atoms with Gasteiger partial charge in [0.2, 0.25) is 0 Å². The second kappa shape index (κ2) is 13.6. The molecule has 9 nitrogen and oxygen atoms in total. The molecule has 4 rings (SSSR count). The Morgan fingerprint density at radius 2 is 1.59 bits per heavy atom. The first kappa shape index (κ1) is 31.9. The van der Waals surface area contributed by atoms with Gasteiger partial charge in [-0.2, -0.15) is 26.3 Å². The van der Waals surface area contributed by atoms with Gasteiger partial charge in [0.05, 0.1) is 19.8 Å². The minimum Gasteiger partial charge on any atom is -0.475 e. The molecule has 2 saturated heterocycles. The van der Waals surface area contributed by atoms with Crippen LogP contribution >= 0.6 is 0 Å². The van der Waals surface area contributed by atoms with Gasteiger partial charge < -0.3 is 24.4 Å². The lowest BCUT2D eigenvalue weighted by Crippen LogP contribution is -2.50. The second-order valence-electron chi connectivity index (χ2n) is 9.18. The van der Waals surface area contributed by atoms with Crippen LogP contribution in [-0.4, -0.2) is 88.3 Å². The van der Waals surface area contributed by atoms with Crippen LogP contribution in [0.3, 0.4) is 0 Å². The maximum absolute atomic E-state index is 10.6. The standard InChI is InChI=1S/C20H28N4O.2C2HF3O2/c1-22-11-9-21-19(22)14-23-10-5-8-20(15-23)16-24(12-13-25-17-20)18-6-3-2-4-7-18;2*3-2(4,5)1(6)7/h2-4,6-7,9,11H,5,8,10,12-17H2,1H3;2*(H,6,7). The molecule has 0 bridgehead atoms. The van der Waals surface area contributed by atoms with Gasteiger partial charge in [-0.3, -0.25) is 4.90 Å². The first-order valence-corrected chi connectivity index (χ1v) is 11.8. The highest BCUT2D eigenvalue weighted by molar-refractivity contribution is 5.73. The first-order chi connectivity index (χ1) is 18.1. The number of carboxylic acids is 2. The molecule has 0 saturated carbocycles. The number of ether oxygens (including phenoxy) is 1. The normalized spacial score (nSPS) is 20.2. The molecule has 1 aromatic heterocycles. The van der Waals surface area contributed by atoms with Crippen molar-refractivity contribution in [3.05, 3.63) is 48.5 Å². The largest absolute Gasteiger partial charge is 0.490 e. The minimum absolute atomic E-state index is 0.218. The lowest BCUT2D eigenvalue weighted by Gasteiger charge is -2.44. The highest BCUT2D eigenvalue weighted by Crippen LogP contribution is 2.35. The Labute approximate surface area is 220 Å². The summed E-state index contributed by atoms with van der Waals surface area (Å²) < 4.78 is 71.7. The molecule has 1 atom stereocenters. The van der Waals surface area contributed by atoms with Crippen LogP contribution in [0.25, 0.3) is 0 Å². The summed E-state index contributed by atoms with van der Waals surface area (Å²) in [5.41, 5.74) is 1.53. The Kier molecular flexibility index (Phi) is 11.2. The lowest BCUT2D eigenvalue weighted by molar-refractivity contribution is -0.193. The number of aryl methyl sites for hydroxylation is 1. The van der Waals surface area contributed by atoms with Crippen molar-refractivity contribution in [1.29, 1.82) is 0 Å². The predicted octanol–water partition coefficient (Wildman–Crippen LogP) is 3.81. The highest BCUT2D eigenvalue weighted by atomic mass is 19.4. The molecule has 15 heteroatoms. The topological polar surface area (TPSA) is 108 Å². The molecule has 2 aliphatic heterocycles. The molecule has 0 aliphatic carbocycles. The maximum atomic E-state index is 10.6. The number of carboxylic acid groups (broad SMARTS) is 2. The summed E-state index contributed by atoms with van der Waals surface area (Å²) in [6.45, 7) is 6.91. The summed E-state index contributed by atoms with van der Waals surface area (Å²) in [5.74, 6) is -4.37. The van der Waals surface area contributed by atoms with Crippen LogP contribution in [0.2, 0.25) is 0 Å². The van der Waals surface area contributed by atoms with Crippen molar-refractivity contribution < 1.29 is 50.9 Å². The monoisotopic (exact) mass is 568 g/mol. The molecule has 2 N–H and O–H groups in total. The number of para-hydroxylation sites is 1. The molecular weight excluding hydrogens is 538 g/mol. The molecule has 0 radical (unpaired) electrons. The fraction of sp³-hybridized carbons (Fsp3) is 0.542. The van der Waals surface area contributed by atoms with Gasteiger partial charge in [-0.05, 0) is 31.5 Å². The van der Waals surface area contributed by atoms with Gasteiger partial charge in [0, 0.05) is 50.2 Å². The van der Waals surface area contributed by atoms with Gasteiger partial charge in [-0.15, -0.1) is 0 Å². The quantitative estimate of drug-likeness (QED) is 0.539. The fourth-order valence-corrected chi connectivity index (χ4v) is 4.29. The highest BCUT2D eigenvalue weighted by Gasteiger charge is 2.40. The number of anilines is 1. The van der Waals surface area contributed by atoms with E-state index in [4.69, 9.17) is 24.5 Å². The van der Waals surface area contributed by atoms with Crippen molar-refractivity contribution in [1.82, 2.24) is 14.5 Å². The van der Waals surface area contributed by atoms with E-state index in [0.717, 1.165) is 51.8 Å². The number of hydrogen-bond acceptors (Lipinski definition) is 6. The summed E-state index contributed by atoms with van der Waals surface area (Å²) in [5, 5.41) is 14.2. The van der Waals surface area contributed by atoms with Gasteiger partial charge in [-0.1, -0.05) is 18.2 Å². The van der Waals surface area contributed by atoms with E-state index in [1.54, 1.807) is 0 Å². The van der Waals surface area contributed by atoms with Gasteiger partial charge in [0.1, 0.15) is 5.82 Å². The van der Waals surface area contributed by atoms with Crippen molar-refractivity contribution in [2.24, 2.45) is 12.5 Å². The van der Waals surface area contributed by atoms with E-state index in [0.29, 0.717) is 0 Å². The SMILES string of the molecule is Cn1ccnc1CN1CCCC2(COCCN(c3ccccc3)C2)C1.O=C(O)C(F)(F)F.O=C(O)C(F)(F)F. The molecular formula is C24H30F6N4O5. The summed E-state index contributed by atoms with van der Waals surface area (Å²) in [7, 11) is 2.08. The zero-order chi connectivity index (χ0) is 29.3. The van der Waals surface area contributed by atoms with Crippen LogP contribution in [0.15, 0.2) is 42.7 Å².